The molecule has 20 heavy (non-hydrogen) atoms. The van der Waals surface area contributed by atoms with E-state index in [1.807, 2.05) is 24.3 Å². The summed E-state index contributed by atoms with van der Waals surface area (Å²) in [6.45, 7) is 5.89. The van der Waals surface area contributed by atoms with Crippen molar-refractivity contribution in [2.24, 2.45) is 5.73 Å². The molecular weight excluding hydrogens is 246 g/mol. The number of nitrogens with one attached hydrogen (secondary N) is 1. The van der Waals surface area contributed by atoms with Crippen LogP contribution in [0.15, 0.2) is 48.5 Å². The highest BCUT2D eigenvalue weighted by atomic mass is 15.1. The first-order valence-electron chi connectivity index (χ1n) is 6.85. The maximum atomic E-state index is 7.67. The van der Waals surface area contributed by atoms with Crippen LogP contribution in [-0.4, -0.2) is 12.4 Å². The minimum Gasteiger partial charge on any atom is -0.384 e. The van der Waals surface area contributed by atoms with Gasteiger partial charge in [0.1, 0.15) is 5.84 Å². The first-order valence-corrected chi connectivity index (χ1v) is 6.85. The van der Waals surface area contributed by atoms with E-state index in [4.69, 9.17) is 11.1 Å². The molecule has 0 saturated carbocycles. The Morgan fingerprint density at radius 2 is 1.75 bits per heavy atom. The second kappa shape index (κ2) is 6.24. The van der Waals surface area contributed by atoms with Gasteiger partial charge < -0.3 is 10.6 Å². The molecule has 2 aromatic carbocycles. The van der Waals surface area contributed by atoms with Gasteiger partial charge in [0.05, 0.1) is 0 Å². The molecule has 3 heteroatoms. The van der Waals surface area contributed by atoms with Crippen molar-refractivity contribution < 1.29 is 0 Å². The monoisotopic (exact) mass is 267 g/mol. The molecule has 0 amide bonds. The van der Waals surface area contributed by atoms with Gasteiger partial charge in [-0.25, -0.2) is 0 Å². The van der Waals surface area contributed by atoms with Crippen LogP contribution in [0.1, 0.15) is 23.6 Å². The van der Waals surface area contributed by atoms with Gasteiger partial charge in [-0.15, -0.1) is 0 Å². The highest BCUT2D eigenvalue weighted by Crippen LogP contribution is 2.19. The Bertz CT molecular complexity index is 587. The summed E-state index contributed by atoms with van der Waals surface area (Å²) in [7, 11) is 0. The Labute approximate surface area is 120 Å². The molecule has 2 aromatic rings. The molecule has 3 N–H and O–H groups in total. The predicted molar refractivity (Wildman–Crippen MR) is 85.4 cm³/mol. The van der Waals surface area contributed by atoms with Crippen LogP contribution in [0.25, 0.3) is 0 Å². The van der Waals surface area contributed by atoms with Crippen LogP contribution in [0.2, 0.25) is 0 Å². The van der Waals surface area contributed by atoms with Gasteiger partial charge >= 0.3 is 0 Å². The summed E-state index contributed by atoms with van der Waals surface area (Å²) >= 11 is 0. The standard InChI is InChI=1S/C17H21N3/c1-3-20(15-10-8-13(2)9-11-15)12-14-6-4-5-7-16(14)17(18)19/h4-11H,3,12H2,1-2H3,(H3,18,19). The lowest BCUT2D eigenvalue weighted by atomic mass is 10.1. The molecule has 0 spiro atoms. The molecule has 0 aliphatic rings. The van der Waals surface area contributed by atoms with E-state index < -0.39 is 0 Å². The van der Waals surface area contributed by atoms with Crippen molar-refractivity contribution in [1.29, 1.82) is 5.41 Å². The molecule has 3 nitrogen and oxygen atoms in total. The Kier molecular flexibility index (Phi) is 4.41. The lowest BCUT2D eigenvalue weighted by molar-refractivity contribution is 0.830. The Morgan fingerprint density at radius 3 is 2.35 bits per heavy atom. The third-order valence-electron chi connectivity index (χ3n) is 3.45. The van der Waals surface area contributed by atoms with Crippen LogP contribution in [0.3, 0.4) is 0 Å². The summed E-state index contributed by atoms with van der Waals surface area (Å²) in [4.78, 5) is 2.28. The van der Waals surface area contributed by atoms with Gasteiger partial charge in [0.2, 0.25) is 0 Å². The SMILES string of the molecule is CCN(Cc1ccccc1C(=N)N)c1ccc(C)cc1. The lowest BCUT2D eigenvalue weighted by Gasteiger charge is -2.24. The lowest BCUT2D eigenvalue weighted by Crippen LogP contribution is -2.24. The van der Waals surface area contributed by atoms with E-state index >= 15 is 0 Å². The molecular formula is C17H21N3. The van der Waals surface area contributed by atoms with Crippen LogP contribution in [0.5, 0.6) is 0 Å². The molecule has 104 valence electrons. The Hall–Kier alpha value is -2.29. The summed E-state index contributed by atoms with van der Waals surface area (Å²) in [6.07, 6.45) is 0. The molecule has 0 heterocycles. The third-order valence-corrected chi connectivity index (χ3v) is 3.45. The summed E-state index contributed by atoms with van der Waals surface area (Å²) in [5.74, 6) is 0.126. The van der Waals surface area contributed by atoms with E-state index in [1.54, 1.807) is 0 Å². The highest BCUT2D eigenvalue weighted by Gasteiger charge is 2.09. The van der Waals surface area contributed by atoms with Crippen LogP contribution in [-0.2, 0) is 6.54 Å². The second-order valence-corrected chi connectivity index (χ2v) is 4.92. The van der Waals surface area contributed by atoms with Crippen molar-refractivity contribution in [2.75, 3.05) is 11.4 Å². The van der Waals surface area contributed by atoms with Crippen molar-refractivity contribution in [2.45, 2.75) is 20.4 Å². The number of benzene rings is 2. The van der Waals surface area contributed by atoms with Crippen molar-refractivity contribution in [3.05, 3.63) is 65.2 Å². The average Bonchev–Trinajstić information content (AvgIpc) is 2.46. The first-order chi connectivity index (χ1) is 9.61. The van der Waals surface area contributed by atoms with Crippen LogP contribution < -0.4 is 10.6 Å². The average molecular weight is 267 g/mol. The van der Waals surface area contributed by atoms with Gasteiger partial charge in [0.25, 0.3) is 0 Å². The smallest absolute Gasteiger partial charge is 0.123 e. The van der Waals surface area contributed by atoms with E-state index in [-0.39, 0.29) is 5.84 Å². The van der Waals surface area contributed by atoms with Crippen molar-refractivity contribution in [1.82, 2.24) is 0 Å². The van der Waals surface area contributed by atoms with E-state index in [9.17, 15) is 0 Å². The van der Waals surface area contributed by atoms with E-state index in [1.165, 1.54) is 11.3 Å². The molecule has 0 saturated heterocycles. The van der Waals surface area contributed by atoms with Crippen LogP contribution in [0, 0.1) is 12.3 Å². The van der Waals surface area contributed by atoms with Crippen molar-refractivity contribution >= 4 is 11.5 Å². The molecule has 0 aliphatic heterocycles. The van der Waals surface area contributed by atoms with Gasteiger partial charge in [-0.05, 0) is 31.5 Å². The van der Waals surface area contributed by atoms with Crippen molar-refractivity contribution in [3.63, 3.8) is 0 Å². The predicted octanol–water partition coefficient (Wildman–Crippen LogP) is 3.31. The number of anilines is 1. The normalized spacial score (nSPS) is 10.3. The third kappa shape index (κ3) is 3.18. The maximum Gasteiger partial charge on any atom is 0.123 e. The number of nitrogens with two attached hydrogens (primary N) is 1. The Morgan fingerprint density at radius 1 is 1.10 bits per heavy atom. The van der Waals surface area contributed by atoms with E-state index in [0.29, 0.717) is 0 Å². The fraction of sp³-hybridized carbons (Fsp3) is 0.235. The maximum absolute atomic E-state index is 7.67. The van der Waals surface area contributed by atoms with E-state index in [2.05, 4.69) is 43.0 Å². The van der Waals surface area contributed by atoms with Gasteiger partial charge in [0.15, 0.2) is 0 Å². The zero-order chi connectivity index (χ0) is 14.5. The zero-order valence-electron chi connectivity index (χ0n) is 12.1. The number of nitrogen functional groups attached to an aromatic ring is 1. The van der Waals surface area contributed by atoms with E-state index in [0.717, 1.165) is 24.2 Å². The summed E-state index contributed by atoms with van der Waals surface area (Å²) in [6, 6.07) is 16.4. The van der Waals surface area contributed by atoms with Gasteiger partial charge in [-0.1, -0.05) is 42.0 Å². The number of hydrogen-bond acceptors (Lipinski definition) is 2. The summed E-state index contributed by atoms with van der Waals surface area (Å²) in [5, 5.41) is 7.67. The minimum atomic E-state index is 0.126. The van der Waals surface area contributed by atoms with Crippen LogP contribution >= 0.6 is 0 Å². The fourth-order valence-corrected chi connectivity index (χ4v) is 2.27. The first kappa shape index (κ1) is 14.1. The second-order valence-electron chi connectivity index (χ2n) is 4.92. The van der Waals surface area contributed by atoms with Gasteiger partial charge in [-0.3, -0.25) is 5.41 Å². The largest absolute Gasteiger partial charge is 0.384 e. The molecule has 2 rings (SSSR count). The number of aryl methyl sites for hydroxylation is 1. The molecule has 0 fully saturated rings. The topological polar surface area (TPSA) is 53.1 Å². The number of nitrogens with zero attached hydrogens (tertiary/aromatic N) is 1. The zero-order valence-corrected chi connectivity index (χ0v) is 12.1. The molecule has 0 bridgehead atoms. The molecule has 0 atom stereocenters. The molecule has 0 aliphatic carbocycles. The fourth-order valence-electron chi connectivity index (χ4n) is 2.27. The van der Waals surface area contributed by atoms with Crippen molar-refractivity contribution in [3.8, 4) is 0 Å². The quantitative estimate of drug-likeness (QED) is 0.645. The molecule has 0 unspecified atom stereocenters. The van der Waals surface area contributed by atoms with Gasteiger partial charge in [-0.2, -0.15) is 0 Å². The highest BCUT2D eigenvalue weighted by molar-refractivity contribution is 5.96. The number of rotatable bonds is 5. The summed E-state index contributed by atoms with van der Waals surface area (Å²) in [5.41, 5.74) is 10.0. The molecule has 0 aromatic heterocycles. The number of amidine groups is 1. The summed E-state index contributed by atoms with van der Waals surface area (Å²) < 4.78 is 0. The minimum absolute atomic E-state index is 0.126. The molecule has 0 radical (unpaired) electrons. The Balaban J connectivity index is 2.27. The number of hydrogen-bond donors (Lipinski definition) is 2. The van der Waals surface area contributed by atoms with Crippen LogP contribution in [0.4, 0.5) is 5.69 Å². The van der Waals surface area contributed by atoms with Gasteiger partial charge in [0, 0.05) is 24.3 Å².